The van der Waals surface area contributed by atoms with Gasteiger partial charge in [0.05, 0.1) is 0 Å². The van der Waals surface area contributed by atoms with Crippen LogP contribution in [0.2, 0.25) is 5.02 Å². The number of imide groups is 1. The summed E-state index contributed by atoms with van der Waals surface area (Å²) in [7, 11) is 0. The normalized spacial score (nSPS) is 18.8. The maximum Gasteiger partial charge on any atom is 0.440 e. The van der Waals surface area contributed by atoms with Gasteiger partial charge in [0, 0.05) is 34.2 Å². The van der Waals surface area contributed by atoms with E-state index in [1.807, 2.05) is 0 Å². The highest BCUT2D eigenvalue weighted by molar-refractivity contribution is 6.31. The number of hydrogen-bond donors (Lipinski definition) is 3. The number of aromatic nitrogens is 1. The molecule has 1 fully saturated rings. The summed E-state index contributed by atoms with van der Waals surface area (Å²) in [6, 6.07) is 10.9. The van der Waals surface area contributed by atoms with E-state index in [9.17, 15) is 27.6 Å². The zero-order valence-electron chi connectivity index (χ0n) is 16.3. The Bertz CT molecular complexity index is 1210. The number of halogens is 4. The van der Waals surface area contributed by atoms with Crippen LogP contribution in [0.1, 0.15) is 15.9 Å². The van der Waals surface area contributed by atoms with Gasteiger partial charge < -0.3 is 10.3 Å². The minimum Gasteiger partial charge on any atom is -0.361 e. The van der Waals surface area contributed by atoms with E-state index >= 15 is 0 Å². The molecule has 0 aliphatic carbocycles. The average molecular weight is 465 g/mol. The molecule has 3 N–H and O–H groups in total. The molecule has 1 aliphatic heterocycles. The number of hydrogen-bond acceptors (Lipinski definition) is 3. The monoisotopic (exact) mass is 464 g/mol. The number of fused-ring (bicyclic) bond motifs is 1. The molecule has 11 heteroatoms. The molecule has 1 saturated heterocycles. The lowest BCUT2D eigenvalue weighted by atomic mass is 10.1. The molecule has 4 amide bonds. The van der Waals surface area contributed by atoms with Gasteiger partial charge >= 0.3 is 12.2 Å². The van der Waals surface area contributed by atoms with Crippen LogP contribution in [-0.2, 0) is 11.2 Å². The van der Waals surface area contributed by atoms with Gasteiger partial charge in [0.2, 0.25) is 0 Å². The summed E-state index contributed by atoms with van der Waals surface area (Å²) in [5, 5.41) is 4.51. The minimum absolute atomic E-state index is 0.0834. The molecule has 1 aromatic heterocycles. The molecular weight excluding hydrogens is 449 g/mol. The molecule has 0 unspecified atom stereocenters. The second kappa shape index (κ2) is 7.86. The number of benzene rings is 2. The summed E-state index contributed by atoms with van der Waals surface area (Å²) >= 11 is 6.00. The molecule has 32 heavy (non-hydrogen) atoms. The molecule has 0 radical (unpaired) electrons. The molecule has 0 saturated carbocycles. The maximum atomic E-state index is 14.0. The number of amides is 4. The van der Waals surface area contributed by atoms with Crippen LogP contribution in [0.15, 0.2) is 54.7 Å². The third-order valence-electron chi connectivity index (χ3n) is 5.20. The third kappa shape index (κ3) is 3.66. The highest BCUT2D eigenvalue weighted by Gasteiger charge is 2.68. The van der Waals surface area contributed by atoms with Crippen molar-refractivity contribution in [1.29, 1.82) is 0 Å². The van der Waals surface area contributed by atoms with Gasteiger partial charge in [-0.15, -0.1) is 0 Å². The summed E-state index contributed by atoms with van der Waals surface area (Å²) in [4.78, 5) is 41.0. The van der Waals surface area contributed by atoms with Crippen molar-refractivity contribution in [2.45, 2.75) is 18.3 Å². The molecule has 0 bridgehead atoms. The lowest BCUT2D eigenvalue weighted by molar-refractivity contribution is -0.200. The molecule has 3 aromatic rings. The number of H-pyrrole nitrogens is 1. The molecular formula is C21H16ClF3N4O3. The molecule has 7 nitrogen and oxygen atoms in total. The van der Waals surface area contributed by atoms with Crippen molar-refractivity contribution >= 4 is 40.3 Å². The molecule has 1 atom stereocenters. The van der Waals surface area contributed by atoms with Gasteiger partial charge in [-0.25, -0.2) is 4.79 Å². The van der Waals surface area contributed by atoms with Gasteiger partial charge in [-0.3, -0.25) is 19.8 Å². The predicted octanol–water partition coefficient (Wildman–Crippen LogP) is 3.60. The third-order valence-corrected chi connectivity index (χ3v) is 5.44. The minimum atomic E-state index is -5.27. The Morgan fingerprint density at radius 2 is 1.84 bits per heavy atom. The Morgan fingerprint density at radius 1 is 1.12 bits per heavy atom. The van der Waals surface area contributed by atoms with Crippen molar-refractivity contribution in [2.24, 2.45) is 0 Å². The van der Waals surface area contributed by atoms with E-state index in [1.54, 1.807) is 41.1 Å². The van der Waals surface area contributed by atoms with Crippen LogP contribution in [-0.4, -0.2) is 46.1 Å². The number of aromatic amines is 1. The topological polar surface area (TPSA) is 94.3 Å². The number of urea groups is 1. The second-order valence-corrected chi connectivity index (χ2v) is 7.65. The number of carbonyl (C=O) groups is 3. The number of carbonyl (C=O) groups excluding carboxylic acids is 3. The fraction of sp³-hybridized carbons (Fsp3) is 0.190. The summed E-state index contributed by atoms with van der Waals surface area (Å²) in [5.41, 5.74) is -2.23. The lowest BCUT2D eigenvalue weighted by Crippen LogP contribution is -2.69. The summed E-state index contributed by atoms with van der Waals surface area (Å²) in [5.74, 6) is -2.75. The fourth-order valence-corrected chi connectivity index (χ4v) is 3.72. The quantitative estimate of drug-likeness (QED) is 0.503. The summed E-state index contributed by atoms with van der Waals surface area (Å²) in [6.45, 7) is -0.330. The molecule has 2 aromatic carbocycles. The van der Waals surface area contributed by atoms with Crippen molar-refractivity contribution in [3.63, 3.8) is 0 Å². The molecule has 0 spiro atoms. The van der Waals surface area contributed by atoms with E-state index < -0.39 is 29.7 Å². The van der Waals surface area contributed by atoms with E-state index in [1.165, 1.54) is 24.3 Å². The van der Waals surface area contributed by atoms with Crippen molar-refractivity contribution in [3.05, 3.63) is 70.9 Å². The standard InChI is InChI=1S/C21H16ClF3N4O3/c22-14-6-7-16-15(10-14)13(11-26-16)8-9-29-18(31)20(21(23,24)25,28-19(29)32)27-17(30)12-4-2-1-3-5-12/h1-7,10-11,26H,8-9H2,(H,27,30)(H,28,32)/t20-/m0/s1. The number of nitrogens with one attached hydrogen (secondary N) is 3. The fourth-order valence-electron chi connectivity index (χ4n) is 3.55. The van der Waals surface area contributed by atoms with Crippen molar-refractivity contribution in [2.75, 3.05) is 6.54 Å². The van der Waals surface area contributed by atoms with Gasteiger partial charge in [0.15, 0.2) is 0 Å². The zero-order valence-corrected chi connectivity index (χ0v) is 17.1. The van der Waals surface area contributed by atoms with Crippen molar-refractivity contribution < 1.29 is 27.6 Å². The van der Waals surface area contributed by atoms with Crippen molar-refractivity contribution in [3.8, 4) is 0 Å². The van der Waals surface area contributed by atoms with Crippen LogP contribution in [0.5, 0.6) is 0 Å². The Hall–Kier alpha value is -3.53. The SMILES string of the molecule is O=C(N[C@]1(C(F)(F)F)NC(=O)N(CCc2c[nH]c3ccc(Cl)cc23)C1=O)c1ccccc1. The highest BCUT2D eigenvalue weighted by Crippen LogP contribution is 2.34. The molecule has 2 heterocycles. The Kier molecular flexibility index (Phi) is 5.33. The van der Waals surface area contributed by atoms with Crippen LogP contribution in [0.3, 0.4) is 0 Å². The number of rotatable bonds is 5. The Morgan fingerprint density at radius 3 is 2.53 bits per heavy atom. The van der Waals surface area contributed by atoms with E-state index in [0.717, 1.165) is 10.9 Å². The molecule has 1 aliphatic rings. The lowest BCUT2D eigenvalue weighted by Gasteiger charge is -2.29. The van der Waals surface area contributed by atoms with Crippen LogP contribution in [0, 0.1) is 0 Å². The first kappa shape index (κ1) is 21.7. The van der Waals surface area contributed by atoms with Gasteiger partial charge in [0.1, 0.15) is 0 Å². The van der Waals surface area contributed by atoms with Gasteiger partial charge in [-0.1, -0.05) is 29.8 Å². The zero-order chi connectivity index (χ0) is 23.1. The second-order valence-electron chi connectivity index (χ2n) is 7.21. The predicted molar refractivity (Wildman–Crippen MR) is 110 cm³/mol. The van der Waals surface area contributed by atoms with Gasteiger partial charge in [-0.2, -0.15) is 13.2 Å². The first-order chi connectivity index (χ1) is 15.1. The van der Waals surface area contributed by atoms with E-state index in [0.29, 0.717) is 15.5 Å². The van der Waals surface area contributed by atoms with Crippen LogP contribution in [0.4, 0.5) is 18.0 Å². The summed E-state index contributed by atoms with van der Waals surface area (Å²) in [6.07, 6.45) is -3.55. The first-order valence-corrected chi connectivity index (χ1v) is 9.84. The first-order valence-electron chi connectivity index (χ1n) is 9.46. The van der Waals surface area contributed by atoms with Crippen LogP contribution >= 0.6 is 11.6 Å². The highest BCUT2D eigenvalue weighted by atomic mass is 35.5. The van der Waals surface area contributed by atoms with Crippen LogP contribution in [0.25, 0.3) is 10.9 Å². The van der Waals surface area contributed by atoms with E-state index in [4.69, 9.17) is 11.6 Å². The van der Waals surface area contributed by atoms with Gasteiger partial charge in [0.25, 0.3) is 17.5 Å². The summed E-state index contributed by atoms with van der Waals surface area (Å²) < 4.78 is 41.9. The largest absolute Gasteiger partial charge is 0.440 e. The van der Waals surface area contributed by atoms with Gasteiger partial charge in [-0.05, 0) is 42.3 Å². The number of nitrogens with zero attached hydrogens (tertiary/aromatic N) is 1. The number of alkyl halides is 3. The molecule has 4 rings (SSSR count). The maximum absolute atomic E-state index is 14.0. The van der Waals surface area contributed by atoms with Crippen molar-refractivity contribution in [1.82, 2.24) is 20.5 Å². The smallest absolute Gasteiger partial charge is 0.361 e. The Labute approximate surface area is 184 Å². The average Bonchev–Trinajstić information content (AvgIpc) is 3.25. The van der Waals surface area contributed by atoms with E-state index in [2.05, 4.69) is 4.98 Å². The Balaban J connectivity index is 1.58. The molecule has 166 valence electrons. The van der Waals surface area contributed by atoms with Crippen LogP contribution < -0.4 is 10.6 Å². The van der Waals surface area contributed by atoms with E-state index in [-0.39, 0.29) is 18.5 Å².